The fraction of sp³-hybridized carbons (Fsp3) is 0.438. The van der Waals surface area contributed by atoms with Gasteiger partial charge >= 0.3 is 5.97 Å². The lowest BCUT2D eigenvalue weighted by Crippen LogP contribution is -2.60. The Morgan fingerprint density at radius 1 is 1.22 bits per heavy atom. The number of aliphatic carboxylic acids is 1. The molecule has 2 aromatic rings. The van der Waals surface area contributed by atoms with E-state index < -0.39 is 28.0 Å². The van der Waals surface area contributed by atoms with E-state index >= 15 is 0 Å². The predicted molar refractivity (Wildman–Crippen MR) is 84.4 cm³/mol. The van der Waals surface area contributed by atoms with Gasteiger partial charge in [0.1, 0.15) is 4.90 Å². The first-order chi connectivity index (χ1) is 11.0. The maximum atomic E-state index is 12.7. The smallest absolute Gasteiger partial charge is 0.308 e. The number of aromatic amines is 1. The quantitative estimate of drug-likeness (QED) is 0.795. The number of hydrogen-bond acceptors (Lipinski definition) is 3. The molecule has 1 aromatic carbocycles. The fourth-order valence-corrected chi connectivity index (χ4v) is 5.79. The molecule has 0 unspecified atom stereocenters. The third-order valence-electron chi connectivity index (χ3n) is 5.35. The topological polar surface area (TPSA) is 99.3 Å². The van der Waals surface area contributed by atoms with Gasteiger partial charge in [0.05, 0.1) is 5.92 Å². The SMILES string of the molecule is O=C(O)[C@H]1[C@H]2CCC[C@H]2[C@@H]1NS(=O)(=O)c1c[nH]c2ccccc12. The Kier molecular flexibility index (Phi) is 3.24. The van der Waals surface area contributed by atoms with E-state index in [2.05, 4.69) is 9.71 Å². The van der Waals surface area contributed by atoms with Crippen LogP contribution in [0.4, 0.5) is 0 Å². The Hall–Kier alpha value is -1.86. The minimum absolute atomic E-state index is 0.114. The number of fused-ring (bicyclic) bond motifs is 2. The number of carboxylic acids is 1. The van der Waals surface area contributed by atoms with Crippen molar-refractivity contribution >= 4 is 26.9 Å². The lowest BCUT2D eigenvalue weighted by atomic mass is 9.63. The Morgan fingerprint density at radius 3 is 2.74 bits per heavy atom. The first-order valence-corrected chi connectivity index (χ1v) is 9.28. The van der Waals surface area contributed by atoms with Crippen LogP contribution in [-0.2, 0) is 14.8 Å². The highest BCUT2D eigenvalue weighted by molar-refractivity contribution is 7.89. The monoisotopic (exact) mass is 334 g/mol. The minimum atomic E-state index is -3.75. The molecule has 2 aliphatic rings. The molecule has 4 rings (SSSR count). The van der Waals surface area contributed by atoms with Gasteiger partial charge in [-0.3, -0.25) is 4.79 Å². The molecule has 2 aliphatic carbocycles. The number of benzene rings is 1. The van der Waals surface area contributed by atoms with Crippen molar-refractivity contribution in [2.45, 2.75) is 30.2 Å². The zero-order valence-electron chi connectivity index (χ0n) is 12.4. The first-order valence-electron chi connectivity index (χ1n) is 7.80. The van der Waals surface area contributed by atoms with Gasteiger partial charge in [-0.25, -0.2) is 13.1 Å². The predicted octanol–water partition coefficient (Wildman–Crippen LogP) is 1.95. The van der Waals surface area contributed by atoms with E-state index in [0.717, 1.165) is 24.8 Å². The van der Waals surface area contributed by atoms with Gasteiger partial charge in [0.15, 0.2) is 0 Å². The second kappa shape index (κ2) is 5.07. The summed E-state index contributed by atoms with van der Waals surface area (Å²) in [4.78, 5) is 14.6. The number of H-pyrrole nitrogens is 1. The lowest BCUT2D eigenvalue weighted by molar-refractivity contribution is -0.152. The number of para-hydroxylation sites is 1. The van der Waals surface area contributed by atoms with Gasteiger partial charge in [0.2, 0.25) is 10.0 Å². The summed E-state index contributed by atoms with van der Waals surface area (Å²) in [5.74, 6) is -1.25. The summed E-state index contributed by atoms with van der Waals surface area (Å²) in [7, 11) is -3.75. The van der Waals surface area contributed by atoms with E-state index in [1.807, 2.05) is 12.1 Å². The Bertz CT molecular complexity index is 873. The molecule has 0 bridgehead atoms. The molecule has 6 nitrogen and oxygen atoms in total. The molecule has 7 heteroatoms. The van der Waals surface area contributed by atoms with E-state index in [9.17, 15) is 18.3 Å². The Balaban J connectivity index is 1.66. The third-order valence-corrected chi connectivity index (χ3v) is 6.85. The summed E-state index contributed by atoms with van der Waals surface area (Å²) < 4.78 is 28.1. The highest BCUT2D eigenvalue weighted by atomic mass is 32.2. The molecule has 2 fully saturated rings. The van der Waals surface area contributed by atoms with Crippen LogP contribution >= 0.6 is 0 Å². The molecule has 3 N–H and O–H groups in total. The third kappa shape index (κ3) is 2.18. The van der Waals surface area contributed by atoms with Crippen molar-refractivity contribution in [1.82, 2.24) is 9.71 Å². The molecule has 122 valence electrons. The fourth-order valence-electron chi connectivity index (χ4n) is 4.30. The summed E-state index contributed by atoms with van der Waals surface area (Å²) in [5, 5.41) is 10.0. The number of hydrogen-bond donors (Lipinski definition) is 3. The zero-order valence-corrected chi connectivity index (χ0v) is 13.2. The number of carbonyl (C=O) groups is 1. The molecule has 0 amide bonds. The number of nitrogens with one attached hydrogen (secondary N) is 2. The van der Waals surface area contributed by atoms with Crippen LogP contribution in [0.25, 0.3) is 10.9 Å². The Morgan fingerprint density at radius 2 is 1.96 bits per heavy atom. The zero-order chi connectivity index (χ0) is 16.2. The van der Waals surface area contributed by atoms with Crippen LogP contribution in [0.1, 0.15) is 19.3 Å². The molecule has 23 heavy (non-hydrogen) atoms. The molecule has 1 heterocycles. The van der Waals surface area contributed by atoms with Crippen molar-refractivity contribution in [2.75, 3.05) is 0 Å². The largest absolute Gasteiger partial charge is 0.481 e. The normalized spacial score (nSPS) is 30.1. The van der Waals surface area contributed by atoms with E-state index in [1.54, 1.807) is 12.1 Å². The van der Waals surface area contributed by atoms with Crippen molar-refractivity contribution < 1.29 is 18.3 Å². The van der Waals surface area contributed by atoms with Crippen LogP contribution in [-0.4, -0.2) is 30.5 Å². The number of sulfonamides is 1. The first kappa shape index (κ1) is 14.7. The van der Waals surface area contributed by atoms with Gasteiger partial charge < -0.3 is 10.1 Å². The maximum absolute atomic E-state index is 12.7. The number of carboxylic acid groups (broad SMARTS) is 1. The van der Waals surface area contributed by atoms with Crippen LogP contribution in [0.15, 0.2) is 35.4 Å². The summed E-state index contributed by atoms with van der Waals surface area (Å²) in [5.41, 5.74) is 0.745. The molecule has 0 saturated heterocycles. The standard InChI is InChI=1S/C16H18N2O4S/c19-16(20)14-9-5-3-6-10(9)15(14)18-23(21,22)13-8-17-12-7-2-1-4-11(12)13/h1-2,4,7-10,14-15,17-18H,3,5-6H2,(H,19,20)/t9-,10+,14-,15-/m0/s1. The summed E-state index contributed by atoms with van der Waals surface area (Å²) >= 11 is 0. The van der Waals surface area contributed by atoms with Crippen LogP contribution < -0.4 is 4.72 Å². The van der Waals surface area contributed by atoms with Crippen LogP contribution in [0.2, 0.25) is 0 Å². The molecule has 1 aromatic heterocycles. The molecule has 0 spiro atoms. The van der Waals surface area contributed by atoms with Gasteiger partial charge in [0, 0.05) is 23.1 Å². The summed E-state index contributed by atoms with van der Waals surface area (Å²) in [6.45, 7) is 0. The number of aromatic nitrogens is 1. The van der Waals surface area contributed by atoms with Gasteiger partial charge in [-0.1, -0.05) is 24.6 Å². The Labute approximate surface area is 133 Å². The van der Waals surface area contributed by atoms with Crippen molar-refractivity contribution in [1.29, 1.82) is 0 Å². The average molecular weight is 334 g/mol. The van der Waals surface area contributed by atoms with Crippen LogP contribution in [0.3, 0.4) is 0 Å². The molecular formula is C16H18N2O4S. The molecule has 0 aliphatic heterocycles. The van der Waals surface area contributed by atoms with Crippen LogP contribution in [0, 0.1) is 17.8 Å². The second-order valence-electron chi connectivity index (χ2n) is 6.47. The van der Waals surface area contributed by atoms with E-state index in [0.29, 0.717) is 5.39 Å². The van der Waals surface area contributed by atoms with E-state index in [1.165, 1.54) is 6.20 Å². The highest BCUT2D eigenvalue weighted by Crippen LogP contribution is 2.51. The van der Waals surface area contributed by atoms with Crippen molar-refractivity contribution in [3.05, 3.63) is 30.5 Å². The average Bonchev–Trinajstić information content (AvgIpc) is 3.09. The van der Waals surface area contributed by atoms with Crippen molar-refractivity contribution in [3.8, 4) is 0 Å². The summed E-state index contributed by atoms with van der Waals surface area (Å²) in [6, 6.07) is 6.67. The van der Waals surface area contributed by atoms with Gasteiger partial charge in [0.25, 0.3) is 0 Å². The van der Waals surface area contributed by atoms with Crippen LogP contribution in [0.5, 0.6) is 0 Å². The number of rotatable bonds is 4. The van der Waals surface area contributed by atoms with E-state index in [4.69, 9.17) is 0 Å². The van der Waals surface area contributed by atoms with Gasteiger partial charge in [-0.2, -0.15) is 0 Å². The lowest BCUT2D eigenvalue weighted by Gasteiger charge is -2.46. The summed E-state index contributed by atoms with van der Waals surface area (Å²) in [6.07, 6.45) is 4.22. The van der Waals surface area contributed by atoms with Crippen molar-refractivity contribution in [2.24, 2.45) is 17.8 Å². The minimum Gasteiger partial charge on any atom is -0.481 e. The second-order valence-corrected chi connectivity index (χ2v) is 8.15. The molecular weight excluding hydrogens is 316 g/mol. The van der Waals surface area contributed by atoms with Gasteiger partial charge in [-0.15, -0.1) is 0 Å². The maximum Gasteiger partial charge on any atom is 0.308 e. The molecule has 4 atom stereocenters. The van der Waals surface area contributed by atoms with E-state index in [-0.39, 0.29) is 16.7 Å². The molecule has 2 saturated carbocycles. The van der Waals surface area contributed by atoms with Crippen molar-refractivity contribution in [3.63, 3.8) is 0 Å². The van der Waals surface area contributed by atoms with Gasteiger partial charge in [-0.05, 0) is 30.7 Å². The highest BCUT2D eigenvalue weighted by Gasteiger charge is 2.56. The molecule has 0 radical (unpaired) electrons.